The van der Waals surface area contributed by atoms with Crippen LogP contribution >= 0.6 is 0 Å². The third kappa shape index (κ3) is 5.56. The molecule has 0 saturated heterocycles. The Morgan fingerprint density at radius 1 is 1.33 bits per heavy atom. The molecule has 0 aromatic rings. The van der Waals surface area contributed by atoms with Crippen molar-refractivity contribution in [2.24, 2.45) is 11.1 Å². The number of nitrogens with two attached hydrogens (primary N) is 1. The molecule has 0 fully saturated rings. The molecule has 0 radical (unpaired) electrons. The largest absolute Gasteiger partial charge is 0.329 e. The Morgan fingerprint density at radius 2 is 1.83 bits per heavy atom. The van der Waals surface area contributed by atoms with E-state index in [1.165, 1.54) is 6.42 Å². The molecule has 0 aromatic heterocycles. The molecule has 1 unspecified atom stereocenters. The minimum Gasteiger partial charge on any atom is -0.329 e. The topological polar surface area (TPSA) is 29.3 Å². The summed E-state index contributed by atoms with van der Waals surface area (Å²) in [6.07, 6.45) is 1.23. The molecule has 2 nitrogen and oxygen atoms in total. The van der Waals surface area contributed by atoms with Crippen LogP contribution in [0.15, 0.2) is 0 Å². The van der Waals surface area contributed by atoms with Gasteiger partial charge in [-0.2, -0.15) is 0 Å². The SMILES string of the molecule is CC(CN)N(C)CCC(C)(C)C. The van der Waals surface area contributed by atoms with Gasteiger partial charge in [-0.05, 0) is 32.4 Å². The number of rotatable bonds is 4. The summed E-state index contributed by atoms with van der Waals surface area (Å²) in [5.74, 6) is 0. The van der Waals surface area contributed by atoms with Crippen LogP contribution in [-0.2, 0) is 0 Å². The molecule has 2 N–H and O–H groups in total. The summed E-state index contributed by atoms with van der Waals surface area (Å²) < 4.78 is 0. The molecule has 0 aliphatic heterocycles. The van der Waals surface area contributed by atoms with Crippen LogP contribution in [0.4, 0.5) is 0 Å². The fourth-order valence-corrected chi connectivity index (χ4v) is 0.912. The van der Waals surface area contributed by atoms with E-state index in [9.17, 15) is 0 Å². The Balaban J connectivity index is 3.64. The van der Waals surface area contributed by atoms with E-state index in [1.807, 2.05) is 0 Å². The van der Waals surface area contributed by atoms with E-state index >= 15 is 0 Å². The molecule has 0 spiro atoms. The summed E-state index contributed by atoms with van der Waals surface area (Å²) in [6.45, 7) is 10.9. The molecule has 0 amide bonds. The van der Waals surface area contributed by atoms with Crippen molar-refractivity contribution < 1.29 is 0 Å². The molecule has 0 bridgehead atoms. The first-order valence-corrected chi connectivity index (χ1v) is 4.77. The van der Waals surface area contributed by atoms with Crippen molar-refractivity contribution in [3.8, 4) is 0 Å². The van der Waals surface area contributed by atoms with E-state index in [0.29, 0.717) is 11.5 Å². The average molecular weight is 172 g/mol. The van der Waals surface area contributed by atoms with Gasteiger partial charge in [-0.3, -0.25) is 0 Å². The molecular weight excluding hydrogens is 148 g/mol. The molecule has 0 aromatic carbocycles. The Kier molecular flexibility index (Phi) is 4.80. The lowest BCUT2D eigenvalue weighted by molar-refractivity contribution is 0.220. The van der Waals surface area contributed by atoms with Crippen LogP contribution in [0.1, 0.15) is 34.1 Å². The van der Waals surface area contributed by atoms with Gasteiger partial charge < -0.3 is 10.6 Å². The van der Waals surface area contributed by atoms with Crippen molar-refractivity contribution in [1.82, 2.24) is 4.90 Å². The van der Waals surface area contributed by atoms with Gasteiger partial charge in [0.15, 0.2) is 0 Å². The zero-order valence-electron chi connectivity index (χ0n) is 9.22. The van der Waals surface area contributed by atoms with Crippen molar-refractivity contribution in [2.45, 2.75) is 40.2 Å². The highest BCUT2D eigenvalue weighted by molar-refractivity contribution is 4.68. The first-order chi connectivity index (χ1) is 5.37. The predicted octanol–water partition coefficient (Wildman–Crippen LogP) is 1.70. The Bertz CT molecular complexity index is 115. The van der Waals surface area contributed by atoms with Gasteiger partial charge in [0.25, 0.3) is 0 Å². The summed E-state index contributed by atoms with van der Waals surface area (Å²) in [7, 11) is 2.14. The Hall–Kier alpha value is -0.0800. The van der Waals surface area contributed by atoms with Crippen LogP contribution < -0.4 is 5.73 Å². The summed E-state index contributed by atoms with van der Waals surface area (Å²) >= 11 is 0. The second-order valence-corrected chi connectivity index (χ2v) is 4.88. The fraction of sp³-hybridized carbons (Fsp3) is 1.00. The van der Waals surface area contributed by atoms with Gasteiger partial charge >= 0.3 is 0 Å². The van der Waals surface area contributed by atoms with Crippen LogP contribution in [0.3, 0.4) is 0 Å². The molecule has 0 aliphatic rings. The average Bonchev–Trinajstić information content (AvgIpc) is 1.97. The smallest absolute Gasteiger partial charge is 0.0187 e. The maximum Gasteiger partial charge on any atom is 0.0187 e. The van der Waals surface area contributed by atoms with Crippen molar-refractivity contribution in [3.05, 3.63) is 0 Å². The van der Waals surface area contributed by atoms with Gasteiger partial charge in [0.2, 0.25) is 0 Å². The van der Waals surface area contributed by atoms with Gasteiger partial charge in [0.05, 0.1) is 0 Å². The fourth-order valence-electron chi connectivity index (χ4n) is 0.912. The van der Waals surface area contributed by atoms with Crippen LogP contribution in [0, 0.1) is 5.41 Å². The first kappa shape index (κ1) is 11.9. The number of hydrogen-bond donors (Lipinski definition) is 1. The maximum atomic E-state index is 5.57. The van der Waals surface area contributed by atoms with Gasteiger partial charge in [0, 0.05) is 12.6 Å². The molecule has 2 heteroatoms. The van der Waals surface area contributed by atoms with E-state index in [0.717, 1.165) is 13.1 Å². The molecule has 0 saturated carbocycles. The van der Waals surface area contributed by atoms with Crippen molar-refractivity contribution in [1.29, 1.82) is 0 Å². The zero-order valence-corrected chi connectivity index (χ0v) is 9.22. The van der Waals surface area contributed by atoms with Gasteiger partial charge in [0.1, 0.15) is 0 Å². The third-order valence-electron chi connectivity index (χ3n) is 2.31. The minimum absolute atomic E-state index is 0.433. The Labute approximate surface area is 77.1 Å². The highest BCUT2D eigenvalue weighted by atomic mass is 15.1. The number of hydrogen-bond acceptors (Lipinski definition) is 2. The monoisotopic (exact) mass is 172 g/mol. The van der Waals surface area contributed by atoms with Crippen LogP contribution in [0.2, 0.25) is 0 Å². The summed E-state index contributed by atoms with van der Waals surface area (Å²) in [5.41, 5.74) is 6.00. The lowest BCUT2D eigenvalue weighted by Gasteiger charge is -2.27. The molecular formula is C10H24N2. The van der Waals surface area contributed by atoms with E-state index in [1.54, 1.807) is 0 Å². The van der Waals surface area contributed by atoms with E-state index in [4.69, 9.17) is 5.73 Å². The van der Waals surface area contributed by atoms with Gasteiger partial charge in [-0.1, -0.05) is 20.8 Å². The summed E-state index contributed by atoms with van der Waals surface area (Å²) in [4.78, 5) is 2.32. The normalized spacial score (nSPS) is 15.2. The third-order valence-corrected chi connectivity index (χ3v) is 2.31. The van der Waals surface area contributed by atoms with Crippen molar-refractivity contribution >= 4 is 0 Å². The van der Waals surface area contributed by atoms with Crippen LogP contribution in [0.25, 0.3) is 0 Å². The second-order valence-electron chi connectivity index (χ2n) is 4.88. The molecule has 0 rings (SSSR count). The lowest BCUT2D eigenvalue weighted by Crippen LogP contribution is -2.37. The molecule has 1 atom stereocenters. The van der Waals surface area contributed by atoms with Crippen LogP contribution in [0.5, 0.6) is 0 Å². The number of likely N-dealkylation sites (N-methyl/N-ethyl adjacent to an activating group) is 1. The maximum absolute atomic E-state index is 5.57. The summed E-state index contributed by atoms with van der Waals surface area (Å²) in [5, 5.41) is 0. The van der Waals surface area contributed by atoms with Crippen molar-refractivity contribution in [2.75, 3.05) is 20.1 Å². The highest BCUT2D eigenvalue weighted by Gasteiger charge is 2.13. The Morgan fingerprint density at radius 3 is 2.17 bits per heavy atom. The second kappa shape index (κ2) is 4.83. The van der Waals surface area contributed by atoms with Crippen LogP contribution in [-0.4, -0.2) is 31.1 Å². The zero-order chi connectivity index (χ0) is 9.78. The van der Waals surface area contributed by atoms with Gasteiger partial charge in [-0.25, -0.2) is 0 Å². The van der Waals surface area contributed by atoms with Gasteiger partial charge in [-0.15, -0.1) is 0 Å². The predicted molar refractivity (Wildman–Crippen MR) is 55.2 cm³/mol. The van der Waals surface area contributed by atoms with E-state index in [-0.39, 0.29) is 0 Å². The summed E-state index contributed by atoms with van der Waals surface area (Å²) in [6, 6.07) is 0.507. The van der Waals surface area contributed by atoms with Crippen molar-refractivity contribution in [3.63, 3.8) is 0 Å². The van der Waals surface area contributed by atoms with E-state index < -0.39 is 0 Å². The minimum atomic E-state index is 0.433. The quantitative estimate of drug-likeness (QED) is 0.699. The highest BCUT2D eigenvalue weighted by Crippen LogP contribution is 2.18. The molecule has 0 heterocycles. The molecule has 74 valence electrons. The number of nitrogens with zero attached hydrogens (tertiary/aromatic N) is 1. The first-order valence-electron chi connectivity index (χ1n) is 4.77. The molecule has 12 heavy (non-hydrogen) atoms. The standard InChI is InChI=1S/C10H24N2/c1-9(8-11)12(5)7-6-10(2,3)4/h9H,6-8,11H2,1-5H3. The lowest BCUT2D eigenvalue weighted by atomic mass is 9.92. The molecule has 0 aliphatic carbocycles. The van der Waals surface area contributed by atoms with E-state index in [2.05, 4.69) is 39.6 Å².